The first-order valence-electron chi connectivity index (χ1n) is 7.42. The van der Waals surface area contributed by atoms with E-state index >= 15 is 0 Å². The van der Waals surface area contributed by atoms with Gasteiger partial charge in [0.1, 0.15) is 0 Å². The molecule has 0 aliphatic carbocycles. The highest BCUT2D eigenvalue weighted by molar-refractivity contribution is 6.00. The highest BCUT2D eigenvalue weighted by Gasteiger charge is 2.30. The van der Waals surface area contributed by atoms with Gasteiger partial charge in [0, 0.05) is 11.2 Å². The van der Waals surface area contributed by atoms with Crippen LogP contribution in [-0.4, -0.2) is 11.4 Å². The lowest BCUT2D eigenvalue weighted by Crippen LogP contribution is -2.40. The van der Waals surface area contributed by atoms with Gasteiger partial charge in [0.05, 0.1) is 16.8 Å². The number of nitrogens with one attached hydrogen (secondary N) is 2. The van der Waals surface area contributed by atoms with E-state index in [9.17, 15) is 18.0 Å². The number of hydrogen-bond acceptors (Lipinski definition) is 2. The Morgan fingerprint density at radius 2 is 1.50 bits per heavy atom. The molecule has 0 aliphatic heterocycles. The molecule has 2 aromatic carbocycles. The number of carbonyl (C=O) groups is 1. The third-order valence-corrected chi connectivity index (χ3v) is 3.15. The van der Waals surface area contributed by atoms with Crippen LogP contribution in [0.5, 0.6) is 0 Å². The average molecular weight is 336 g/mol. The molecule has 6 heteroatoms. The van der Waals surface area contributed by atoms with Gasteiger partial charge < -0.3 is 10.6 Å². The fourth-order valence-electron chi connectivity index (χ4n) is 2.10. The molecule has 0 unspecified atom stereocenters. The maximum absolute atomic E-state index is 12.6. The Bertz CT molecular complexity index is 716. The monoisotopic (exact) mass is 336 g/mol. The molecule has 24 heavy (non-hydrogen) atoms. The van der Waals surface area contributed by atoms with Crippen LogP contribution in [0.2, 0.25) is 0 Å². The summed E-state index contributed by atoms with van der Waals surface area (Å²) < 4.78 is 37.8. The number of hydrogen-bond donors (Lipinski definition) is 2. The fourth-order valence-corrected chi connectivity index (χ4v) is 2.10. The molecular formula is C18H19F3N2O. The number of benzene rings is 2. The van der Waals surface area contributed by atoms with Crippen molar-refractivity contribution < 1.29 is 18.0 Å². The SMILES string of the molecule is CC(C)(C)NC(=O)c1ccccc1Nc1ccc(C(F)(F)F)cc1. The number of alkyl halides is 3. The van der Waals surface area contributed by atoms with Crippen molar-refractivity contribution in [3.05, 3.63) is 59.7 Å². The molecule has 0 bridgehead atoms. The largest absolute Gasteiger partial charge is 0.416 e. The van der Waals surface area contributed by atoms with Gasteiger partial charge in [0.2, 0.25) is 0 Å². The standard InChI is InChI=1S/C18H19F3N2O/c1-17(2,3)23-16(24)14-6-4-5-7-15(14)22-13-10-8-12(9-11-13)18(19,20)21/h4-11,22H,1-3H3,(H,23,24). The van der Waals surface area contributed by atoms with Crippen LogP contribution < -0.4 is 10.6 Å². The van der Waals surface area contributed by atoms with E-state index < -0.39 is 17.3 Å². The van der Waals surface area contributed by atoms with Crippen molar-refractivity contribution in [2.45, 2.75) is 32.5 Å². The van der Waals surface area contributed by atoms with Crippen molar-refractivity contribution in [1.82, 2.24) is 5.32 Å². The van der Waals surface area contributed by atoms with E-state index in [-0.39, 0.29) is 5.91 Å². The van der Waals surface area contributed by atoms with Gasteiger partial charge in [-0.3, -0.25) is 4.79 Å². The van der Waals surface area contributed by atoms with Crippen molar-refractivity contribution in [1.29, 1.82) is 0 Å². The van der Waals surface area contributed by atoms with E-state index in [1.165, 1.54) is 12.1 Å². The molecule has 0 saturated heterocycles. The summed E-state index contributed by atoms with van der Waals surface area (Å²) in [6, 6.07) is 11.5. The minimum absolute atomic E-state index is 0.252. The van der Waals surface area contributed by atoms with Crippen LogP contribution in [0, 0.1) is 0 Å². The number of para-hydroxylation sites is 1. The van der Waals surface area contributed by atoms with Crippen molar-refractivity contribution in [3.8, 4) is 0 Å². The highest BCUT2D eigenvalue weighted by atomic mass is 19.4. The van der Waals surface area contributed by atoms with E-state index in [0.717, 1.165) is 12.1 Å². The second kappa shape index (κ2) is 6.55. The lowest BCUT2D eigenvalue weighted by Gasteiger charge is -2.21. The van der Waals surface area contributed by atoms with Crippen LogP contribution in [0.3, 0.4) is 0 Å². The zero-order valence-corrected chi connectivity index (χ0v) is 13.7. The molecule has 2 aromatic rings. The van der Waals surface area contributed by atoms with Crippen LogP contribution in [-0.2, 0) is 6.18 Å². The smallest absolute Gasteiger partial charge is 0.355 e. The molecule has 0 radical (unpaired) electrons. The molecule has 0 aliphatic rings. The van der Waals surface area contributed by atoms with Gasteiger partial charge in [-0.15, -0.1) is 0 Å². The van der Waals surface area contributed by atoms with Gasteiger partial charge in [0.15, 0.2) is 0 Å². The van der Waals surface area contributed by atoms with Gasteiger partial charge in [-0.05, 0) is 57.2 Å². The van der Waals surface area contributed by atoms with Crippen LogP contribution in [0.1, 0.15) is 36.7 Å². The van der Waals surface area contributed by atoms with Crippen LogP contribution >= 0.6 is 0 Å². The summed E-state index contributed by atoms with van der Waals surface area (Å²) in [6.07, 6.45) is -4.37. The van der Waals surface area contributed by atoms with Crippen molar-refractivity contribution in [2.75, 3.05) is 5.32 Å². The first kappa shape index (κ1) is 17.8. The Kier molecular flexibility index (Phi) is 4.87. The number of amides is 1. The summed E-state index contributed by atoms with van der Waals surface area (Å²) in [5.41, 5.74) is 0.315. The predicted octanol–water partition coefficient (Wildman–Crippen LogP) is 4.98. The first-order chi connectivity index (χ1) is 11.1. The maximum Gasteiger partial charge on any atom is 0.416 e. The molecule has 0 aromatic heterocycles. The number of carbonyl (C=O) groups excluding carboxylic acids is 1. The Morgan fingerprint density at radius 1 is 0.917 bits per heavy atom. The average Bonchev–Trinajstić information content (AvgIpc) is 2.45. The number of halogens is 3. The van der Waals surface area contributed by atoms with Gasteiger partial charge in [-0.1, -0.05) is 12.1 Å². The third-order valence-electron chi connectivity index (χ3n) is 3.15. The molecule has 0 saturated carbocycles. The number of anilines is 2. The Balaban J connectivity index is 2.23. The second-order valence-electron chi connectivity index (χ2n) is 6.45. The molecular weight excluding hydrogens is 317 g/mol. The quantitative estimate of drug-likeness (QED) is 0.830. The van der Waals surface area contributed by atoms with Crippen molar-refractivity contribution >= 4 is 17.3 Å². The lowest BCUT2D eigenvalue weighted by atomic mass is 10.1. The molecule has 2 N–H and O–H groups in total. The molecule has 1 amide bonds. The van der Waals surface area contributed by atoms with Crippen molar-refractivity contribution in [3.63, 3.8) is 0 Å². The van der Waals surface area contributed by atoms with Gasteiger partial charge in [0.25, 0.3) is 5.91 Å². The van der Waals surface area contributed by atoms with Gasteiger partial charge >= 0.3 is 6.18 Å². The van der Waals surface area contributed by atoms with E-state index in [2.05, 4.69) is 10.6 Å². The zero-order valence-electron chi connectivity index (χ0n) is 13.7. The van der Waals surface area contributed by atoms with Crippen LogP contribution in [0.25, 0.3) is 0 Å². The molecule has 128 valence electrons. The second-order valence-corrected chi connectivity index (χ2v) is 6.45. The Morgan fingerprint density at radius 3 is 2.04 bits per heavy atom. The van der Waals surface area contributed by atoms with Gasteiger partial charge in [-0.25, -0.2) is 0 Å². The van der Waals surface area contributed by atoms with E-state index in [0.29, 0.717) is 16.9 Å². The number of rotatable bonds is 3. The summed E-state index contributed by atoms with van der Waals surface area (Å²) in [4.78, 5) is 12.4. The molecule has 0 atom stereocenters. The summed E-state index contributed by atoms with van der Waals surface area (Å²) in [5.74, 6) is -0.252. The normalized spacial score (nSPS) is 11.9. The first-order valence-corrected chi connectivity index (χ1v) is 7.42. The summed E-state index contributed by atoms with van der Waals surface area (Å²) in [6.45, 7) is 5.62. The topological polar surface area (TPSA) is 41.1 Å². The van der Waals surface area contributed by atoms with Gasteiger partial charge in [-0.2, -0.15) is 13.2 Å². The predicted molar refractivity (Wildman–Crippen MR) is 88.4 cm³/mol. The molecule has 0 spiro atoms. The summed E-state index contributed by atoms with van der Waals surface area (Å²) >= 11 is 0. The maximum atomic E-state index is 12.6. The minimum atomic E-state index is -4.37. The Hall–Kier alpha value is -2.50. The van der Waals surface area contributed by atoms with E-state index in [1.807, 2.05) is 20.8 Å². The molecule has 0 fully saturated rings. The minimum Gasteiger partial charge on any atom is -0.355 e. The van der Waals surface area contributed by atoms with Crippen LogP contribution in [0.4, 0.5) is 24.5 Å². The lowest BCUT2D eigenvalue weighted by molar-refractivity contribution is -0.137. The zero-order chi connectivity index (χ0) is 18.0. The third kappa shape index (κ3) is 4.75. The Labute approximate surface area is 138 Å². The molecule has 3 nitrogen and oxygen atoms in total. The highest BCUT2D eigenvalue weighted by Crippen LogP contribution is 2.30. The summed E-state index contributed by atoms with van der Waals surface area (Å²) in [7, 11) is 0. The van der Waals surface area contributed by atoms with Crippen LogP contribution in [0.15, 0.2) is 48.5 Å². The van der Waals surface area contributed by atoms with Crippen molar-refractivity contribution in [2.24, 2.45) is 0 Å². The van der Waals surface area contributed by atoms with E-state index in [4.69, 9.17) is 0 Å². The summed E-state index contributed by atoms with van der Waals surface area (Å²) in [5, 5.41) is 5.85. The van der Waals surface area contributed by atoms with E-state index in [1.54, 1.807) is 24.3 Å². The molecule has 0 heterocycles. The fraction of sp³-hybridized carbons (Fsp3) is 0.278. The molecule has 2 rings (SSSR count).